The molecule has 0 heterocycles. The smallest absolute Gasteiger partial charge is 0.387 e. The van der Waals surface area contributed by atoms with Crippen LogP contribution in [0.15, 0.2) is 18.2 Å². The molecule has 1 rings (SSSR count). The third-order valence-corrected chi connectivity index (χ3v) is 1.88. The number of hydrogen-bond acceptors (Lipinski definition) is 3. The molecule has 0 aliphatic rings. The first kappa shape index (κ1) is 11.6. The molecule has 1 N–H and O–H groups in total. The van der Waals surface area contributed by atoms with Crippen molar-refractivity contribution in [3.63, 3.8) is 0 Å². The average Bonchev–Trinajstić information content (AvgIpc) is 2.19. The molecule has 0 aromatic heterocycles. The van der Waals surface area contributed by atoms with E-state index in [1.807, 2.05) is 0 Å². The van der Waals surface area contributed by atoms with Gasteiger partial charge in [-0.25, -0.2) is 0 Å². The zero-order valence-corrected chi connectivity index (χ0v) is 8.09. The van der Waals surface area contributed by atoms with E-state index in [2.05, 4.69) is 4.74 Å². The van der Waals surface area contributed by atoms with E-state index in [1.165, 1.54) is 12.1 Å². The van der Waals surface area contributed by atoms with Gasteiger partial charge in [-0.15, -0.1) is 0 Å². The van der Waals surface area contributed by atoms with Crippen LogP contribution in [-0.2, 0) is 0 Å². The van der Waals surface area contributed by atoms with E-state index in [1.54, 1.807) is 0 Å². The molecule has 80 valence electrons. The lowest BCUT2D eigenvalue weighted by molar-refractivity contribution is -0.0498. The molecule has 0 radical (unpaired) electrons. The quantitative estimate of drug-likeness (QED) is 0.642. The van der Waals surface area contributed by atoms with E-state index in [4.69, 9.17) is 17.0 Å². The second-order valence-corrected chi connectivity index (χ2v) is 2.94. The van der Waals surface area contributed by atoms with Gasteiger partial charge >= 0.3 is 6.61 Å². The van der Waals surface area contributed by atoms with Crippen LogP contribution < -0.4 is 4.74 Å². The molecule has 0 saturated heterocycles. The summed E-state index contributed by atoms with van der Waals surface area (Å²) in [4.78, 5) is 11.0. The van der Waals surface area contributed by atoms with Gasteiger partial charge in [0.15, 0.2) is 0 Å². The second kappa shape index (κ2) is 4.84. The Labute approximate surface area is 89.1 Å². The van der Waals surface area contributed by atoms with Crippen molar-refractivity contribution in [2.24, 2.45) is 0 Å². The summed E-state index contributed by atoms with van der Waals surface area (Å²) in [5.41, 5.74) is 0.0741. The first-order valence-electron chi connectivity index (χ1n) is 3.83. The Kier molecular flexibility index (Phi) is 3.74. The standard InChI is InChI=1S/C9H6ClF2NO2/c10-6-2-1-5(7(14)4-13)3-8(6)15-9(11)12/h1-4,9,13H. The van der Waals surface area contributed by atoms with E-state index >= 15 is 0 Å². The van der Waals surface area contributed by atoms with E-state index in [0.29, 0.717) is 6.21 Å². The summed E-state index contributed by atoms with van der Waals surface area (Å²) in [5.74, 6) is -0.884. The number of halogens is 3. The van der Waals surface area contributed by atoms with Crippen molar-refractivity contribution >= 4 is 23.6 Å². The van der Waals surface area contributed by atoms with Gasteiger partial charge in [-0.1, -0.05) is 11.6 Å². The van der Waals surface area contributed by atoms with Crippen LogP contribution in [0.3, 0.4) is 0 Å². The SMILES string of the molecule is N=CC(=O)c1ccc(Cl)c(OC(F)F)c1. The summed E-state index contributed by atoms with van der Waals surface area (Å²) in [6, 6.07) is 3.66. The van der Waals surface area contributed by atoms with Gasteiger partial charge in [-0.05, 0) is 18.2 Å². The minimum Gasteiger partial charge on any atom is -0.433 e. The van der Waals surface area contributed by atoms with Crippen LogP contribution in [0, 0.1) is 5.41 Å². The molecule has 0 unspecified atom stereocenters. The van der Waals surface area contributed by atoms with Crippen LogP contribution >= 0.6 is 11.6 Å². The zero-order chi connectivity index (χ0) is 11.4. The molecule has 0 spiro atoms. The number of alkyl halides is 2. The molecule has 0 atom stereocenters. The predicted octanol–water partition coefficient (Wildman–Crippen LogP) is 2.77. The summed E-state index contributed by atoms with van der Waals surface area (Å²) in [6.07, 6.45) is 0.579. The van der Waals surface area contributed by atoms with Gasteiger partial charge in [-0.3, -0.25) is 4.79 Å². The Hall–Kier alpha value is -1.49. The third-order valence-electron chi connectivity index (χ3n) is 1.56. The molecule has 0 bridgehead atoms. The highest BCUT2D eigenvalue weighted by Crippen LogP contribution is 2.27. The average molecular weight is 234 g/mol. The van der Waals surface area contributed by atoms with Gasteiger partial charge in [0.25, 0.3) is 0 Å². The summed E-state index contributed by atoms with van der Waals surface area (Å²) >= 11 is 5.56. The third kappa shape index (κ3) is 2.99. The summed E-state index contributed by atoms with van der Waals surface area (Å²) < 4.78 is 27.9. The highest BCUT2D eigenvalue weighted by Gasteiger charge is 2.11. The van der Waals surface area contributed by atoms with E-state index < -0.39 is 12.4 Å². The highest BCUT2D eigenvalue weighted by molar-refractivity contribution is 6.35. The highest BCUT2D eigenvalue weighted by atomic mass is 35.5. The lowest BCUT2D eigenvalue weighted by atomic mass is 10.1. The van der Waals surface area contributed by atoms with Crippen molar-refractivity contribution < 1.29 is 18.3 Å². The molecule has 3 nitrogen and oxygen atoms in total. The first-order chi connectivity index (χ1) is 7.04. The minimum atomic E-state index is -3.01. The maximum atomic E-state index is 11.9. The summed E-state index contributed by atoms with van der Waals surface area (Å²) in [7, 11) is 0. The van der Waals surface area contributed by atoms with E-state index in [0.717, 1.165) is 6.07 Å². The number of nitrogens with one attached hydrogen (secondary N) is 1. The molecule has 0 aliphatic heterocycles. The number of hydrogen-bond donors (Lipinski definition) is 1. The van der Waals surface area contributed by atoms with Crippen LogP contribution in [0.5, 0.6) is 5.75 Å². The van der Waals surface area contributed by atoms with Gasteiger partial charge in [0.1, 0.15) is 5.75 Å². The van der Waals surface area contributed by atoms with E-state index in [9.17, 15) is 13.6 Å². The molecule has 1 aromatic carbocycles. The van der Waals surface area contributed by atoms with Crippen molar-refractivity contribution in [3.05, 3.63) is 28.8 Å². The molecule has 6 heteroatoms. The largest absolute Gasteiger partial charge is 0.433 e. The minimum absolute atomic E-state index is 0.0168. The van der Waals surface area contributed by atoms with Gasteiger partial charge in [0.05, 0.1) is 11.2 Å². The molecule has 0 amide bonds. The van der Waals surface area contributed by atoms with Gasteiger partial charge < -0.3 is 10.1 Å². The van der Waals surface area contributed by atoms with Crippen molar-refractivity contribution in [3.8, 4) is 5.75 Å². The number of benzene rings is 1. The molecule has 0 aliphatic carbocycles. The number of carbonyl (C=O) groups excluding carboxylic acids is 1. The van der Waals surface area contributed by atoms with Crippen LogP contribution in [0.2, 0.25) is 5.02 Å². The lowest BCUT2D eigenvalue weighted by Crippen LogP contribution is -2.05. The van der Waals surface area contributed by atoms with Crippen LogP contribution in [0.4, 0.5) is 8.78 Å². The Balaban J connectivity index is 3.04. The Morgan fingerprint density at radius 2 is 2.20 bits per heavy atom. The fourth-order valence-corrected chi connectivity index (χ4v) is 1.09. The molecule has 1 aromatic rings. The number of ether oxygens (including phenoxy) is 1. The number of Topliss-reactive ketones (excluding diaryl/α,β-unsaturated/α-hetero) is 1. The van der Waals surface area contributed by atoms with Gasteiger partial charge in [0.2, 0.25) is 5.78 Å². The summed E-state index contributed by atoms with van der Waals surface area (Å²) in [6.45, 7) is -3.01. The normalized spacial score (nSPS) is 10.1. The van der Waals surface area contributed by atoms with Crippen molar-refractivity contribution in [2.75, 3.05) is 0 Å². The van der Waals surface area contributed by atoms with Gasteiger partial charge in [-0.2, -0.15) is 8.78 Å². The monoisotopic (exact) mass is 233 g/mol. The molecular formula is C9H6ClF2NO2. The Bertz CT molecular complexity index is 396. The van der Waals surface area contributed by atoms with Crippen molar-refractivity contribution in [2.45, 2.75) is 6.61 Å². The molecule has 15 heavy (non-hydrogen) atoms. The maximum absolute atomic E-state index is 11.9. The van der Waals surface area contributed by atoms with Crippen LogP contribution in [0.25, 0.3) is 0 Å². The summed E-state index contributed by atoms with van der Waals surface area (Å²) in [5, 5.41) is 6.70. The molecule has 0 saturated carbocycles. The van der Waals surface area contributed by atoms with Crippen LogP contribution in [-0.4, -0.2) is 18.6 Å². The number of carbonyl (C=O) groups is 1. The van der Waals surface area contributed by atoms with Crippen LogP contribution in [0.1, 0.15) is 10.4 Å². The predicted molar refractivity (Wildman–Crippen MR) is 51.2 cm³/mol. The van der Waals surface area contributed by atoms with Gasteiger partial charge in [0, 0.05) is 5.56 Å². The Morgan fingerprint density at radius 3 is 2.73 bits per heavy atom. The Morgan fingerprint density at radius 1 is 1.53 bits per heavy atom. The zero-order valence-electron chi connectivity index (χ0n) is 7.34. The first-order valence-corrected chi connectivity index (χ1v) is 4.21. The van der Waals surface area contributed by atoms with E-state index in [-0.39, 0.29) is 16.3 Å². The number of rotatable bonds is 4. The molecular weight excluding hydrogens is 228 g/mol. The fourth-order valence-electron chi connectivity index (χ4n) is 0.926. The number of ketones is 1. The van der Waals surface area contributed by atoms with Crippen molar-refractivity contribution in [1.82, 2.24) is 0 Å². The maximum Gasteiger partial charge on any atom is 0.387 e. The lowest BCUT2D eigenvalue weighted by Gasteiger charge is -2.07. The molecule has 0 fully saturated rings. The second-order valence-electron chi connectivity index (χ2n) is 2.53. The topological polar surface area (TPSA) is 50.2 Å². The fraction of sp³-hybridized carbons (Fsp3) is 0.111. The van der Waals surface area contributed by atoms with Crippen molar-refractivity contribution in [1.29, 1.82) is 5.41 Å².